The Labute approximate surface area is 159 Å². The van der Waals surface area contributed by atoms with Gasteiger partial charge in [-0.2, -0.15) is 9.41 Å². The number of carbonyl (C=O) groups is 1. The van der Waals surface area contributed by atoms with Crippen LogP contribution in [0.3, 0.4) is 0 Å². The third-order valence-electron chi connectivity index (χ3n) is 3.14. The number of amides is 1. The minimum atomic E-state index is -3.78. The van der Waals surface area contributed by atoms with Crippen LogP contribution in [-0.4, -0.2) is 38.4 Å². The highest BCUT2D eigenvalue weighted by molar-refractivity contribution is 9.10. The van der Waals surface area contributed by atoms with Gasteiger partial charge in [-0.25, -0.2) is 13.8 Å². The van der Waals surface area contributed by atoms with Crippen molar-refractivity contribution < 1.29 is 13.2 Å². The van der Waals surface area contributed by atoms with Gasteiger partial charge in [-0.05, 0) is 42.0 Å². The maximum Gasteiger partial charge on any atom is 0.255 e. The van der Waals surface area contributed by atoms with Crippen LogP contribution in [0, 0.1) is 0 Å². The smallest absolute Gasteiger partial charge is 0.255 e. The first-order chi connectivity index (χ1) is 11.8. The normalized spacial score (nSPS) is 11.8. The Morgan fingerprint density at radius 1 is 1.28 bits per heavy atom. The highest BCUT2D eigenvalue weighted by Crippen LogP contribution is 2.17. The van der Waals surface area contributed by atoms with Crippen LogP contribution < -0.4 is 5.43 Å². The third-order valence-corrected chi connectivity index (χ3v) is 5.70. The van der Waals surface area contributed by atoms with Crippen LogP contribution in [0.5, 0.6) is 0 Å². The average Bonchev–Trinajstić information content (AvgIpc) is 2.55. The van der Waals surface area contributed by atoms with Crippen molar-refractivity contribution in [3.8, 4) is 0 Å². The van der Waals surface area contributed by atoms with Gasteiger partial charge in [-0.3, -0.25) is 4.79 Å². The maximum absolute atomic E-state index is 12.4. The zero-order chi connectivity index (χ0) is 18.4. The molecule has 0 saturated heterocycles. The number of hydrazone groups is 1. The predicted molar refractivity (Wildman–Crippen MR) is 101 cm³/mol. The Balaban J connectivity index is 1.96. The first-order valence-corrected chi connectivity index (χ1v) is 9.69. The molecule has 9 heteroatoms. The molecule has 0 spiro atoms. The van der Waals surface area contributed by atoms with Crippen LogP contribution in [0.15, 0.2) is 63.0 Å². The van der Waals surface area contributed by atoms with E-state index in [1.54, 1.807) is 0 Å². The Hall–Kier alpha value is -1.74. The van der Waals surface area contributed by atoms with E-state index in [0.29, 0.717) is 5.02 Å². The van der Waals surface area contributed by atoms with Gasteiger partial charge in [-0.1, -0.05) is 39.7 Å². The van der Waals surface area contributed by atoms with Crippen LogP contribution in [0.1, 0.15) is 5.56 Å². The number of benzene rings is 2. The summed E-state index contributed by atoms with van der Waals surface area (Å²) in [7, 11) is -2.46. The van der Waals surface area contributed by atoms with Crippen LogP contribution in [0.25, 0.3) is 0 Å². The van der Waals surface area contributed by atoms with Gasteiger partial charge in [0.15, 0.2) is 0 Å². The van der Waals surface area contributed by atoms with Gasteiger partial charge >= 0.3 is 0 Å². The molecule has 0 saturated carbocycles. The van der Waals surface area contributed by atoms with Crippen molar-refractivity contribution in [3.05, 3.63) is 63.6 Å². The van der Waals surface area contributed by atoms with Crippen molar-refractivity contribution in [2.75, 3.05) is 13.6 Å². The van der Waals surface area contributed by atoms with E-state index in [2.05, 4.69) is 26.5 Å². The second kappa shape index (κ2) is 8.57. The SMILES string of the molecule is CN(CC(=O)N/N=C\c1cccc(Br)c1)S(=O)(=O)c1ccc(Cl)cc1. The fourth-order valence-corrected chi connectivity index (χ4v) is 3.54. The fraction of sp³-hybridized carbons (Fsp3) is 0.125. The lowest BCUT2D eigenvalue weighted by Gasteiger charge is -2.16. The summed E-state index contributed by atoms with van der Waals surface area (Å²) in [4.78, 5) is 11.9. The van der Waals surface area contributed by atoms with Crippen molar-refractivity contribution in [1.29, 1.82) is 0 Å². The number of likely N-dealkylation sites (N-methyl/N-ethyl adjacent to an activating group) is 1. The molecule has 1 N–H and O–H groups in total. The lowest BCUT2D eigenvalue weighted by atomic mass is 10.2. The molecule has 0 aliphatic heterocycles. The molecule has 25 heavy (non-hydrogen) atoms. The van der Waals surface area contributed by atoms with Gasteiger partial charge in [0, 0.05) is 16.5 Å². The number of sulfonamides is 1. The summed E-state index contributed by atoms with van der Waals surface area (Å²) in [5.74, 6) is -0.550. The summed E-state index contributed by atoms with van der Waals surface area (Å²) in [5.41, 5.74) is 3.09. The molecule has 0 atom stereocenters. The Morgan fingerprint density at radius 3 is 2.60 bits per heavy atom. The highest BCUT2D eigenvalue weighted by Gasteiger charge is 2.22. The standard InChI is InChI=1S/C16H15BrClN3O3S/c1-21(25(23,24)15-7-5-14(18)6-8-15)11-16(22)20-19-10-12-3-2-4-13(17)9-12/h2-10H,11H2,1H3,(H,20,22)/b19-10-. The quantitative estimate of drug-likeness (QED) is 0.550. The summed E-state index contributed by atoms with van der Waals surface area (Å²) < 4.78 is 26.6. The monoisotopic (exact) mass is 443 g/mol. The first-order valence-electron chi connectivity index (χ1n) is 7.08. The van der Waals surface area contributed by atoms with Gasteiger partial charge in [0.2, 0.25) is 10.0 Å². The molecule has 1 amide bonds. The van der Waals surface area contributed by atoms with Crippen molar-refractivity contribution in [2.24, 2.45) is 5.10 Å². The topological polar surface area (TPSA) is 78.8 Å². The second-order valence-corrected chi connectivity index (χ2v) is 8.46. The molecule has 2 rings (SSSR count). The number of hydrogen-bond donors (Lipinski definition) is 1. The Kier molecular flexibility index (Phi) is 6.71. The first kappa shape index (κ1) is 19.6. The van der Waals surface area contributed by atoms with Gasteiger partial charge < -0.3 is 0 Å². The summed E-state index contributed by atoms with van der Waals surface area (Å²) in [6, 6.07) is 13.1. The minimum Gasteiger partial charge on any atom is -0.272 e. The lowest BCUT2D eigenvalue weighted by molar-refractivity contribution is -0.121. The van der Waals surface area contributed by atoms with Gasteiger partial charge in [0.25, 0.3) is 5.91 Å². The van der Waals surface area contributed by atoms with E-state index in [9.17, 15) is 13.2 Å². The van der Waals surface area contributed by atoms with Crippen LogP contribution in [0.2, 0.25) is 5.02 Å². The fourth-order valence-electron chi connectivity index (χ4n) is 1.87. The van der Waals surface area contributed by atoms with Crippen LogP contribution in [0.4, 0.5) is 0 Å². The van der Waals surface area contributed by atoms with Gasteiger partial charge in [0.1, 0.15) is 0 Å². The van der Waals surface area contributed by atoms with Crippen molar-refractivity contribution in [3.63, 3.8) is 0 Å². The van der Waals surface area contributed by atoms with Crippen molar-refractivity contribution in [2.45, 2.75) is 4.90 Å². The molecule has 6 nitrogen and oxygen atoms in total. The number of hydrogen-bond acceptors (Lipinski definition) is 4. The summed E-state index contributed by atoms with van der Waals surface area (Å²) in [6.07, 6.45) is 1.47. The van der Waals surface area contributed by atoms with E-state index in [1.165, 1.54) is 37.5 Å². The zero-order valence-corrected chi connectivity index (χ0v) is 16.3. The molecular weight excluding hydrogens is 430 g/mol. The van der Waals surface area contributed by atoms with Crippen LogP contribution in [-0.2, 0) is 14.8 Å². The van der Waals surface area contributed by atoms with E-state index in [0.717, 1.165) is 14.3 Å². The van der Waals surface area contributed by atoms with Crippen molar-refractivity contribution in [1.82, 2.24) is 9.73 Å². The van der Waals surface area contributed by atoms with E-state index in [-0.39, 0.29) is 11.4 Å². The number of carbonyl (C=O) groups excluding carboxylic acids is 1. The van der Waals surface area contributed by atoms with E-state index in [4.69, 9.17) is 11.6 Å². The maximum atomic E-state index is 12.4. The predicted octanol–water partition coefficient (Wildman–Crippen LogP) is 2.87. The molecule has 2 aromatic carbocycles. The Morgan fingerprint density at radius 2 is 1.96 bits per heavy atom. The Bertz CT molecular complexity index is 886. The van der Waals surface area contributed by atoms with E-state index >= 15 is 0 Å². The number of nitrogens with one attached hydrogen (secondary N) is 1. The number of halogens is 2. The third kappa shape index (κ3) is 5.64. The summed E-state index contributed by atoms with van der Waals surface area (Å²) in [5, 5.41) is 4.25. The molecule has 0 bridgehead atoms. The molecular formula is C16H15BrClN3O3S. The molecule has 0 radical (unpaired) electrons. The zero-order valence-electron chi connectivity index (χ0n) is 13.2. The van der Waals surface area contributed by atoms with Crippen molar-refractivity contribution >= 4 is 49.7 Å². The van der Waals surface area contributed by atoms with Gasteiger partial charge in [-0.15, -0.1) is 0 Å². The molecule has 0 fully saturated rings. The molecule has 0 unspecified atom stereocenters. The molecule has 0 heterocycles. The van der Waals surface area contributed by atoms with Crippen LogP contribution >= 0.6 is 27.5 Å². The molecule has 0 aromatic heterocycles. The molecule has 0 aliphatic rings. The van der Waals surface area contributed by atoms with E-state index in [1.807, 2.05) is 24.3 Å². The lowest BCUT2D eigenvalue weighted by Crippen LogP contribution is -2.36. The minimum absolute atomic E-state index is 0.0600. The molecule has 2 aromatic rings. The summed E-state index contributed by atoms with van der Waals surface area (Å²) >= 11 is 9.09. The average molecular weight is 445 g/mol. The summed E-state index contributed by atoms with van der Waals surface area (Å²) in [6.45, 7) is -0.360. The second-order valence-electron chi connectivity index (χ2n) is 5.06. The molecule has 0 aliphatic carbocycles. The number of nitrogens with zero attached hydrogens (tertiary/aromatic N) is 2. The van der Waals surface area contributed by atoms with E-state index < -0.39 is 15.9 Å². The highest BCUT2D eigenvalue weighted by atomic mass is 79.9. The largest absolute Gasteiger partial charge is 0.272 e. The number of rotatable bonds is 6. The molecule has 132 valence electrons. The van der Waals surface area contributed by atoms with Gasteiger partial charge in [0.05, 0.1) is 17.7 Å².